The predicted molar refractivity (Wildman–Crippen MR) is 84.3 cm³/mol. The van der Waals surface area contributed by atoms with Gasteiger partial charge in [-0.3, -0.25) is 9.59 Å². The number of rotatable bonds is 4. The van der Waals surface area contributed by atoms with Gasteiger partial charge in [0.2, 0.25) is 18.6 Å². The van der Waals surface area contributed by atoms with Gasteiger partial charge in [0.25, 0.3) is 0 Å². The van der Waals surface area contributed by atoms with Gasteiger partial charge in [-0.25, -0.2) is 0 Å². The summed E-state index contributed by atoms with van der Waals surface area (Å²) in [5.74, 6) is 1.51. The summed E-state index contributed by atoms with van der Waals surface area (Å²) in [4.78, 5) is 28.0. The maximum atomic E-state index is 12.5. The van der Waals surface area contributed by atoms with Gasteiger partial charge in [-0.1, -0.05) is 12.1 Å². The summed E-state index contributed by atoms with van der Waals surface area (Å²) in [6, 6.07) is 5.41. The number of benzene rings is 1. The van der Waals surface area contributed by atoms with Crippen LogP contribution < -0.4 is 9.47 Å². The number of fused-ring (bicyclic) bond motifs is 1. The second kappa shape index (κ2) is 6.48. The SMILES string of the molecule is CN(C)C(=O)C1CCCN1C(=O)CCc1cccc2c1OCO2. The quantitative estimate of drug-likeness (QED) is 0.842. The number of carbonyl (C=O) groups excluding carboxylic acids is 2. The minimum absolute atomic E-state index is 0.00758. The molecule has 6 nitrogen and oxygen atoms in total. The van der Waals surface area contributed by atoms with Crippen molar-refractivity contribution in [3.8, 4) is 11.5 Å². The number of hydrogen-bond acceptors (Lipinski definition) is 4. The monoisotopic (exact) mass is 318 g/mol. The van der Waals surface area contributed by atoms with Crippen molar-refractivity contribution in [2.75, 3.05) is 27.4 Å². The van der Waals surface area contributed by atoms with Crippen molar-refractivity contribution in [3.63, 3.8) is 0 Å². The number of aryl methyl sites for hydroxylation is 1. The Morgan fingerprint density at radius 2 is 2.13 bits per heavy atom. The lowest BCUT2D eigenvalue weighted by molar-refractivity contribution is -0.142. The van der Waals surface area contributed by atoms with E-state index >= 15 is 0 Å². The molecular formula is C17H22N2O4. The predicted octanol–water partition coefficient (Wildman–Crippen LogP) is 1.43. The van der Waals surface area contributed by atoms with Crippen molar-refractivity contribution in [1.82, 2.24) is 9.80 Å². The minimum Gasteiger partial charge on any atom is -0.454 e. The highest BCUT2D eigenvalue weighted by Crippen LogP contribution is 2.36. The zero-order valence-corrected chi connectivity index (χ0v) is 13.6. The summed E-state index contributed by atoms with van der Waals surface area (Å²) in [6.45, 7) is 0.890. The second-order valence-corrected chi connectivity index (χ2v) is 6.13. The number of para-hydroxylation sites is 1. The molecule has 0 aromatic heterocycles. The minimum atomic E-state index is -0.307. The van der Waals surface area contributed by atoms with Crippen molar-refractivity contribution in [2.24, 2.45) is 0 Å². The van der Waals surface area contributed by atoms with E-state index in [4.69, 9.17) is 9.47 Å². The Morgan fingerprint density at radius 1 is 1.30 bits per heavy atom. The Labute approximate surface area is 136 Å². The fourth-order valence-electron chi connectivity index (χ4n) is 3.19. The van der Waals surface area contributed by atoms with Gasteiger partial charge >= 0.3 is 0 Å². The van der Waals surface area contributed by atoms with E-state index in [-0.39, 0.29) is 24.6 Å². The second-order valence-electron chi connectivity index (χ2n) is 6.13. The Balaban J connectivity index is 1.63. The Hall–Kier alpha value is -2.24. The molecule has 0 N–H and O–H groups in total. The van der Waals surface area contributed by atoms with E-state index in [2.05, 4.69) is 0 Å². The Bertz CT molecular complexity index is 615. The number of nitrogens with zero attached hydrogens (tertiary/aromatic N) is 2. The molecule has 0 aliphatic carbocycles. The average molecular weight is 318 g/mol. The first kappa shape index (κ1) is 15.6. The van der Waals surface area contributed by atoms with Crippen LogP contribution in [0.2, 0.25) is 0 Å². The Morgan fingerprint density at radius 3 is 2.91 bits per heavy atom. The van der Waals surface area contributed by atoms with E-state index in [1.165, 1.54) is 0 Å². The molecule has 2 amide bonds. The van der Waals surface area contributed by atoms with Gasteiger partial charge in [0.05, 0.1) is 0 Å². The first-order chi connectivity index (χ1) is 11.1. The zero-order valence-electron chi connectivity index (χ0n) is 13.6. The van der Waals surface area contributed by atoms with E-state index < -0.39 is 0 Å². The van der Waals surface area contributed by atoms with E-state index in [0.29, 0.717) is 19.4 Å². The maximum Gasteiger partial charge on any atom is 0.244 e. The molecule has 0 bridgehead atoms. The fraction of sp³-hybridized carbons (Fsp3) is 0.529. The van der Waals surface area contributed by atoms with Crippen LogP contribution in [0.25, 0.3) is 0 Å². The molecule has 6 heteroatoms. The van der Waals surface area contributed by atoms with Crippen LogP contribution in [0.15, 0.2) is 18.2 Å². The summed E-state index contributed by atoms with van der Waals surface area (Å²) < 4.78 is 10.8. The molecule has 0 saturated carbocycles. The molecule has 0 radical (unpaired) electrons. The van der Waals surface area contributed by atoms with Crippen LogP contribution in [0.3, 0.4) is 0 Å². The van der Waals surface area contributed by atoms with E-state index in [9.17, 15) is 9.59 Å². The Kier molecular flexibility index (Phi) is 4.41. The van der Waals surface area contributed by atoms with Crippen LogP contribution in [0, 0.1) is 0 Å². The third-order valence-corrected chi connectivity index (χ3v) is 4.39. The number of amides is 2. The topological polar surface area (TPSA) is 59.1 Å². The van der Waals surface area contributed by atoms with E-state index in [1.807, 2.05) is 18.2 Å². The van der Waals surface area contributed by atoms with E-state index in [1.54, 1.807) is 23.9 Å². The van der Waals surface area contributed by atoms with Crippen LogP contribution in [0.5, 0.6) is 11.5 Å². The van der Waals surface area contributed by atoms with Crippen LogP contribution in [0.4, 0.5) is 0 Å². The smallest absolute Gasteiger partial charge is 0.244 e. The number of likely N-dealkylation sites (tertiary alicyclic amines) is 1. The van der Waals surface area contributed by atoms with Crippen LogP contribution in [0.1, 0.15) is 24.8 Å². The van der Waals surface area contributed by atoms with Crippen molar-refractivity contribution < 1.29 is 19.1 Å². The summed E-state index contributed by atoms with van der Waals surface area (Å²) in [5, 5.41) is 0. The van der Waals surface area contributed by atoms with Gasteiger partial charge in [-0.05, 0) is 30.9 Å². The fourth-order valence-corrected chi connectivity index (χ4v) is 3.19. The summed E-state index contributed by atoms with van der Waals surface area (Å²) in [7, 11) is 3.46. The zero-order chi connectivity index (χ0) is 16.4. The van der Waals surface area contributed by atoms with Gasteiger partial charge in [-0.15, -0.1) is 0 Å². The molecule has 0 spiro atoms. The highest BCUT2D eigenvalue weighted by atomic mass is 16.7. The van der Waals surface area contributed by atoms with Crippen LogP contribution in [-0.4, -0.2) is 55.1 Å². The normalized spacial score (nSPS) is 19.0. The lowest BCUT2D eigenvalue weighted by atomic mass is 10.1. The van der Waals surface area contributed by atoms with Gasteiger partial charge in [0.1, 0.15) is 6.04 Å². The summed E-state index contributed by atoms with van der Waals surface area (Å²) in [6.07, 6.45) is 2.59. The van der Waals surface area contributed by atoms with Gasteiger partial charge in [0.15, 0.2) is 11.5 Å². The molecule has 1 fully saturated rings. The number of carbonyl (C=O) groups is 2. The molecular weight excluding hydrogens is 296 g/mol. The van der Waals surface area contributed by atoms with Crippen molar-refractivity contribution in [2.45, 2.75) is 31.7 Å². The third-order valence-electron chi connectivity index (χ3n) is 4.39. The molecule has 23 heavy (non-hydrogen) atoms. The third kappa shape index (κ3) is 3.11. The molecule has 2 heterocycles. The molecule has 1 atom stereocenters. The van der Waals surface area contributed by atoms with E-state index in [0.717, 1.165) is 29.9 Å². The van der Waals surface area contributed by atoms with Gasteiger partial charge in [0, 0.05) is 27.1 Å². The maximum absolute atomic E-state index is 12.5. The molecule has 3 rings (SSSR count). The van der Waals surface area contributed by atoms with Crippen LogP contribution in [-0.2, 0) is 16.0 Å². The molecule has 1 saturated heterocycles. The molecule has 1 aromatic carbocycles. The number of hydrogen-bond donors (Lipinski definition) is 0. The lowest BCUT2D eigenvalue weighted by Crippen LogP contribution is -2.45. The molecule has 124 valence electrons. The molecule has 1 aromatic rings. The highest BCUT2D eigenvalue weighted by molar-refractivity contribution is 5.88. The number of ether oxygens (including phenoxy) is 2. The molecule has 2 aliphatic heterocycles. The van der Waals surface area contributed by atoms with Gasteiger partial charge < -0.3 is 19.3 Å². The van der Waals surface area contributed by atoms with Crippen molar-refractivity contribution >= 4 is 11.8 Å². The number of likely N-dealkylation sites (N-methyl/N-ethyl adjacent to an activating group) is 1. The lowest BCUT2D eigenvalue weighted by Gasteiger charge is -2.26. The highest BCUT2D eigenvalue weighted by Gasteiger charge is 2.34. The first-order valence-corrected chi connectivity index (χ1v) is 7.96. The molecule has 2 aliphatic rings. The average Bonchev–Trinajstić information content (AvgIpc) is 3.20. The molecule has 1 unspecified atom stereocenters. The van der Waals surface area contributed by atoms with Crippen molar-refractivity contribution in [3.05, 3.63) is 23.8 Å². The van der Waals surface area contributed by atoms with Crippen LogP contribution >= 0.6 is 0 Å². The summed E-state index contributed by atoms with van der Waals surface area (Å²) >= 11 is 0. The van der Waals surface area contributed by atoms with Crippen molar-refractivity contribution in [1.29, 1.82) is 0 Å². The largest absolute Gasteiger partial charge is 0.454 e. The summed E-state index contributed by atoms with van der Waals surface area (Å²) in [5.41, 5.74) is 0.975. The standard InChI is InChI=1S/C17H22N2O4/c1-18(2)17(21)13-6-4-10-19(13)15(20)9-8-12-5-3-7-14-16(12)23-11-22-14/h3,5,7,13H,4,6,8-11H2,1-2H3. The first-order valence-electron chi connectivity index (χ1n) is 7.96. The van der Waals surface area contributed by atoms with Gasteiger partial charge in [-0.2, -0.15) is 0 Å².